The molecule has 2 rings (SSSR count). The third-order valence-corrected chi connectivity index (χ3v) is 2.37. The molecule has 0 spiro atoms. The Balaban J connectivity index is 2.25. The highest BCUT2D eigenvalue weighted by atomic mass is 15.2. The molecule has 0 aliphatic carbocycles. The van der Waals surface area contributed by atoms with Crippen LogP contribution >= 0.6 is 0 Å². The van der Waals surface area contributed by atoms with Gasteiger partial charge in [0.1, 0.15) is 11.6 Å². The van der Waals surface area contributed by atoms with Crippen molar-refractivity contribution in [3.8, 4) is 0 Å². The highest BCUT2D eigenvalue weighted by molar-refractivity contribution is 5.62. The minimum Gasteiger partial charge on any atom is -0.396 e. The first-order chi connectivity index (χ1) is 6.27. The summed E-state index contributed by atoms with van der Waals surface area (Å²) in [6.07, 6.45) is 2.48. The van der Waals surface area contributed by atoms with E-state index in [0.29, 0.717) is 11.5 Å². The molecule has 0 atom stereocenters. The first kappa shape index (κ1) is 8.16. The summed E-state index contributed by atoms with van der Waals surface area (Å²) >= 11 is 0. The summed E-state index contributed by atoms with van der Waals surface area (Å²) in [6.45, 7) is 2.16. The minimum atomic E-state index is 0.435. The first-order valence-electron chi connectivity index (χ1n) is 4.54. The molecule has 1 aliphatic rings. The van der Waals surface area contributed by atoms with Crippen LogP contribution in [-0.4, -0.2) is 18.1 Å². The summed E-state index contributed by atoms with van der Waals surface area (Å²) in [5, 5.41) is 0. The highest BCUT2D eigenvalue weighted by Gasteiger charge is 2.13. The Kier molecular flexibility index (Phi) is 1.96. The van der Waals surface area contributed by atoms with Gasteiger partial charge < -0.3 is 16.4 Å². The monoisotopic (exact) mass is 178 g/mol. The predicted octanol–water partition coefficient (Wildman–Crippen LogP) is 0.846. The summed E-state index contributed by atoms with van der Waals surface area (Å²) in [5.74, 6) is 1.38. The quantitative estimate of drug-likeness (QED) is 0.669. The molecule has 4 N–H and O–H groups in total. The van der Waals surface area contributed by atoms with E-state index in [1.807, 2.05) is 12.1 Å². The molecule has 1 fully saturated rings. The number of hydrogen-bond acceptors (Lipinski definition) is 4. The van der Waals surface area contributed by atoms with Crippen molar-refractivity contribution in [2.24, 2.45) is 0 Å². The van der Waals surface area contributed by atoms with Gasteiger partial charge >= 0.3 is 0 Å². The average Bonchev–Trinajstić information content (AvgIpc) is 2.62. The summed E-state index contributed by atoms with van der Waals surface area (Å²) in [5.41, 5.74) is 11.8. The van der Waals surface area contributed by atoms with Crippen LogP contribution in [-0.2, 0) is 0 Å². The van der Waals surface area contributed by atoms with Crippen LogP contribution in [0.2, 0.25) is 0 Å². The number of nitrogen functional groups attached to an aromatic ring is 2. The Morgan fingerprint density at radius 2 is 1.85 bits per heavy atom. The molecule has 2 heterocycles. The second-order valence-corrected chi connectivity index (χ2v) is 3.34. The van der Waals surface area contributed by atoms with Crippen LogP contribution in [0.5, 0.6) is 0 Å². The predicted molar refractivity (Wildman–Crippen MR) is 54.5 cm³/mol. The van der Waals surface area contributed by atoms with Gasteiger partial charge in [-0.15, -0.1) is 0 Å². The van der Waals surface area contributed by atoms with E-state index < -0.39 is 0 Å². The number of aromatic nitrogens is 1. The van der Waals surface area contributed by atoms with Crippen LogP contribution in [0, 0.1) is 0 Å². The van der Waals surface area contributed by atoms with Crippen LogP contribution < -0.4 is 16.4 Å². The maximum Gasteiger partial charge on any atom is 0.149 e. The van der Waals surface area contributed by atoms with Gasteiger partial charge in [-0.3, -0.25) is 0 Å². The third-order valence-electron chi connectivity index (χ3n) is 2.37. The Bertz CT molecular complexity index is 304. The van der Waals surface area contributed by atoms with Crippen molar-refractivity contribution in [2.45, 2.75) is 12.8 Å². The molecule has 0 unspecified atom stereocenters. The molecule has 0 bridgehead atoms. The van der Waals surface area contributed by atoms with Gasteiger partial charge in [0.25, 0.3) is 0 Å². The third kappa shape index (κ3) is 1.52. The van der Waals surface area contributed by atoms with Crippen molar-refractivity contribution >= 4 is 17.3 Å². The van der Waals surface area contributed by atoms with Crippen molar-refractivity contribution < 1.29 is 0 Å². The minimum absolute atomic E-state index is 0.435. The Hall–Kier alpha value is -1.45. The van der Waals surface area contributed by atoms with E-state index in [9.17, 15) is 0 Å². The molecule has 1 aliphatic heterocycles. The normalized spacial score (nSPS) is 16.5. The Morgan fingerprint density at radius 1 is 1.15 bits per heavy atom. The van der Waals surface area contributed by atoms with Gasteiger partial charge in [0.15, 0.2) is 0 Å². The lowest BCUT2D eigenvalue weighted by atomic mass is 10.3. The van der Waals surface area contributed by atoms with E-state index in [4.69, 9.17) is 11.5 Å². The van der Waals surface area contributed by atoms with E-state index in [-0.39, 0.29) is 0 Å². The molecular formula is C9H14N4. The van der Waals surface area contributed by atoms with E-state index in [2.05, 4.69) is 9.88 Å². The fourth-order valence-electron chi connectivity index (χ4n) is 1.60. The molecule has 1 aromatic rings. The fourth-order valence-corrected chi connectivity index (χ4v) is 1.60. The first-order valence-corrected chi connectivity index (χ1v) is 4.54. The van der Waals surface area contributed by atoms with E-state index in [1.165, 1.54) is 12.8 Å². The van der Waals surface area contributed by atoms with Crippen LogP contribution in [0.1, 0.15) is 12.8 Å². The van der Waals surface area contributed by atoms with Crippen molar-refractivity contribution in [2.75, 3.05) is 29.5 Å². The zero-order valence-corrected chi connectivity index (χ0v) is 7.53. The second kappa shape index (κ2) is 3.12. The van der Waals surface area contributed by atoms with E-state index in [0.717, 1.165) is 18.9 Å². The summed E-state index contributed by atoms with van der Waals surface area (Å²) in [6, 6.07) is 3.74. The van der Waals surface area contributed by atoms with Gasteiger partial charge in [0.05, 0.1) is 5.69 Å². The summed E-state index contributed by atoms with van der Waals surface area (Å²) in [7, 11) is 0. The zero-order valence-electron chi connectivity index (χ0n) is 7.53. The maximum absolute atomic E-state index is 5.63. The standard InChI is InChI=1S/C9H14N4/c10-7-3-4-8(12-9(7)11)13-5-1-2-6-13/h3-4H,1-2,5-6,10H2,(H2,11,12). The zero-order chi connectivity index (χ0) is 9.26. The molecule has 0 saturated carbocycles. The van der Waals surface area contributed by atoms with Crippen LogP contribution in [0.3, 0.4) is 0 Å². The van der Waals surface area contributed by atoms with E-state index in [1.54, 1.807) is 0 Å². The second-order valence-electron chi connectivity index (χ2n) is 3.34. The van der Waals surface area contributed by atoms with Crippen LogP contribution in [0.25, 0.3) is 0 Å². The number of anilines is 3. The SMILES string of the molecule is Nc1ccc(N2CCCC2)nc1N. The van der Waals surface area contributed by atoms with Crippen molar-refractivity contribution in [3.63, 3.8) is 0 Å². The van der Waals surface area contributed by atoms with Crippen LogP contribution in [0.4, 0.5) is 17.3 Å². The molecule has 70 valence electrons. The molecule has 0 radical (unpaired) electrons. The lowest BCUT2D eigenvalue weighted by Crippen LogP contribution is -2.19. The Morgan fingerprint density at radius 3 is 2.46 bits per heavy atom. The average molecular weight is 178 g/mol. The number of pyridine rings is 1. The Labute approximate surface area is 77.5 Å². The van der Waals surface area contributed by atoms with Gasteiger partial charge in [-0.2, -0.15) is 0 Å². The van der Waals surface area contributed by atoms with E-state index >= 15 is 0 Å². The number of rotatable bonds is 1. The molecular weight excluding hydrogens is 164 g/mol. The van der Waals surface area contributed by atoms with Gasteiger partial charge in [0.2, 0.25) is 0 Å². The largest absolute Gasteiger partial charge is 0.396 e. The van der Waals surface area contributed by atoms with Crippen molar-refractivity contribution in [1.82, 2.24) is 4.98 Å². The van der Waals surface area contributed by atoms with Gasteiger partial charge in [-0.1, -0.05) is 0 Å². The lowest BCUT2D eigenvalue weighted by Gasteiger charge is -2.16. The lowest BCUT2D eigenvalue weighted by molar-refractivity contribution is 0.940. The number of hydrogen-bond donors (Lipinski definition) is 2. The van der Waals surface area contributed by atoms with Gasteiger partial charge in [-0.05, 0) is 25.0 Å². The maximum atomic E-state index is 5.63. The molecule has 0 aromatic carbocycles. The van der Waals surface area contributed by atoms with Crippen molar-refractivity contribution in [3.05, 3.63) is 12.1 Å². The molecule has 0 amide bonds. The molecule has 1 saturated heterocycles. The summed E-state index contributed by atoms with van der Waals surface area (Å²) < 4.78 is 0. The molecule has 1 aromatic heterocycles. The van der Waals surface area contributed by atoms with Crippen molar-refractivity contribution in [1.29, 1.82) is 0 Å². The number of nitrogens with two attached hydrogens (primary N) is 2. The smallest absolute Gasteiger partial charge is 0.149 e. The highest BCUT2D eigenvalue weighted by Crippen LogP contribution is 2.21. The molecule has 13 heavy (non-hydrogen) atoms. The number of nitrogens with zero attached hydrogens (tertiary/aromatic N) is 2. The van der Waals surface area contributed by atoms with Crippen LogP contribution in [0.15, 0.2) is 12.1 Å². The fraction of sp³-hybridized carbons (Fsp3) is 0.444. The summed E-state index contributed by atoms with van der Waals surface area (Å²) in [4.78, 5) is 6.47. The van der Waals surface area contributed by atoms with Gasteiger partial charge in [-0.25, -0.2) is 4.98 Å². The molecule has 4 heteroatoms. The van der Waals surface area contributed by atoms with Gasteiger partial charge in [0, 0.05) is 13.1 Å². The topological polar surface area (TPSA) is 68.2 Å². The molecule has 4 nitrogen and oxygen atoms in total.